The summed E-state index contributed by atoms with van der Waals surface area (Å²) in [6, 6.07) is 12.1. The number of benzene rings is 2. The number of H-pyrrole nitrogens is 1. The largest absolute Gasteiger partial charge is 0.321 e. The molecule has 2 heteroatoms. The molecular formula is C13H7NO. The van der Waals surface area contributed by atoms with Crippen LogP contribution in [-0.4, -0.2) is 4.98 Å². The summed E-state index contributed by atoms with van der Waals surface area (Å²) in [5.74, 6) is 0. The first-order valence-corrected chi connectivity index (χ1v) is 4.93. The van der Waals surface area contributed by atoms with E-state index in [1.807, 2.05) is 6.07 Å². The van der Waals surface area contributed by atoms with Crippen molar-refractivity contribution >= 4 is 32.4 Å². The molecular weight excluding hydrogens is 186 g/mol. The molecule has 0 atom stereocenters. The maximum absolute atomic E-state index is 11.3. The van der Waals surface area contributed by atoms with Gasteiger partial charge in [-0.2, -0.15) is 0 Å². The van der Waals surface area contributed by atoms with Gasteiger partial charge in [0.1, 0.15) is 0 Å². The molecule has 0 aliphatic rings. The normalized spacial score (nSPS) is 12.3. The summed E-state index contributed by atoms with van der Waals surface area (Å²) in [5.41, 5.74) is 0.957. The Morgan fingerprint density at radius 2 is 1.60 bits per heavy atom. The molecule has 0 spiro atoms. The Labute approximate surface area is 84.8 Å². The van der Waals surface area contributed by atoms with Crippen LogP contribution >= 0.6 is 0 Å². The first-order valence-electron chi connectivity index (χ1n) is 4.93. The second kappa shape index (κ2) is 2.11. The lowest BCUT2D eigenvalue weighted by Gasteiger charge is -1.97. The smallest absolute Gasteiger partial charge is 0.249 e. The number of aromatic nitrogens is 1. The summed E-state index contributed by atoms with van der Waals surface area (Å²) in [6.07, 6.45) is 0. The Kier molecular flexibility index (Phi) is 1.02. The summed E-state index contributed by atoms with van der Waals surface area (Å²) in [5, 5.41) is 5.95. The summed E-state index contributed by atoms with van der Waals surface area (Å²) in [4.78, 5) is 14.2. The second-order valence-corrected chi connectivity index (χ2v) is 3.97. The van der Waals surface area contributed by atoms with Gasteiger partial charge in [0.25, 0.3) is 0 Å². The van der Waals surface area contributed by atoms with Crippen molar-refractivity contribution < 1.29 is 0 Å². The molecule has 0 saturated carbocycles. The maximum atomic E-state index is 11.3. The van der Waals surface area contributed by atoms with E-state index in [1.54, 1.807) is 6.07 Å². The van der Waals surface area contributed by atoms with Gasteiger partial charge in [-0.1, -0.05) is 24.3 Å². The highest BCUT2D eigenvalue weighted by Gasteiger charge is 2.11. The van der Waals surface area contributed by atoms with Crippen LogP contribution in [0.2, 0.25) is 0 Å². The highest BCUT2D eigenvalue weighted by Crippen LogP contribution is 2.36. The molecule has 70 valence electrons. The van der Waals surface area contributed by atoms with E-state index >= 15 is 0 Å². The lowest BCUT2D eigenvalue weighted by Crippen LogP contribution is -1.93. The van der Waals surface area contributed by atoms with Crippen molar-refractivity contribution in [2.24, 2.45) is 0 Å². The second-order valence-electron chi connectivity index (χ2n) is 3.97. The van der Waals surface area contributed by atoms with Gasteiger partial charge in [0.05, 0.1) is 5.52 Å². The third-order valence-corrected chi connectivity index (χ3v) is 3.04. The molecule has 1 aromatic heterocycles. The number of hydrogen-bond donors (Lipinski definition) is 1. The van der Waals surface area contributed by atoms with Gasteiger partial charge in [-0.15, -0.1) is 0 Å². The standard InChI is InChI=1S/C13H7NO/c15-11-6-9-4-2-7-1-3-8-5-10(8)12(7)13(9)14-11/h1-6H,(H,14,15). The zero-order chi connectivity index (χ0) is 9.99. The van der Waals surface area contributed by atoms with Crippen molar-refractivity contribution in [1.29, 1.82) is 0 Å². The lowest BCUT2D eigenvalue weighted by molar-refractivity contribution is 1.37. The van der Waals surface area contributed by atoms with Crippen LogP contribution in [-0.2, 0) is 0 Å². The summed E-state index contributed by atoms with van der Waals surface area (Å²) in [6.45, 7) is 0. The van der Waals surface area contributed by atoms with Crippen molar-refractivity contribution in [2.75, 3.05) is 0 Å². The zero-order valence-electron chi connectivity index (χ0n) is 7.87. The molecule has 15 heavy (non-hydrogen) atoms. The lowest BCUT2D eigenvalue weighted by atomic mass is 10.1. The van der Waals surface area contributed by atoms with Gasteiger partial charge in [0, 0.05) is 16.8 Å². The van der Waals surface area contributed by atoms with Crippen LogP contribution in [0, 0.1) is 0 Å². The van der Waals surface area contributed by atoms with Crippen LogP contribution in [0.4, 0.5) is 0 Å². The molecule has 0 aliphatic heterocycles. The van der Waals surface area contributed by atoms with E-state index in [4.69, 9.17) is 0 Å². The highest BCUT2D eigenvalue weighted by molar-refractivity contribution is 6.24. The topological polar surface area (TPSA) is 32.9 Å². The minimum atomic E-state index is -0.0178. The quantitative estimate of drug-likeness (QED) is 0.457. The van der Waals surface area contributed by atoms with Crippen molar-refractivity contribution in [3.8, 4) is 0 Å². The van der Waals surface area contributed by atoms with Gasteiger partial charge >= 0.3 is 0 Å². The first kappa shape index (κ1) is 7.23. The van der Waals surface area contributed by atoms with Crippen LogP contribution in [0.3, 0.4) is 0 Å². The van der Waals surface area contributed by atoms with E-state index in [1.165, 1.54) is 21.5 Å². The van der Waals surface area contributed by atoms with E-state index in [9.17, 15) is 4.79 Å². The van der Waals surface area contributed by atoms with Crippen LogP contribution in [0.15, 0.2) is 41.2 Å². The number of aromatic amines is 1. The molecule has 0 fully saturated rings. The van der Waals surface area contributed by atoms with E-state index in [0.29, 0.717) is 0 Å². The average molecular weight is 193 g/mol. The molecule has 2 nitrogen and oxygen atoms in total. The van der Waals surface area contributed by atoms with Crippen LogP contribution in [0.1, 0.15) is 0 Å². The Bertz CT molecular complexity index is 828. The fourth-order valence-electron chi connectivity index (χ4n) is 2.27. The van der Waals surface area contributed by atoms with Gasteiger partial charge < -0.3 is 4.98 Å². The number of rotatable bonds is 0. The van der Waals surface area contributed by atoms with Gasteiger partial charge in [0.2, 0.25) is 5.56 Å². The van der Waals surface area contributed by atoms with E-state index in [-0.39, 0.29) is 5.56 Å². The van der Waals surface area contributed by atoms with Gasteiger partial charge in [0.15, 0.2) is 0 Å². The minimum Gasteiger partial charge on any atom is -0.321 e. The zero-order valence-corrected chi connectivity index (χ0v) is 7.87. The SMILES string of the molecule is O=c1cc2ccc3ccc4cc4c3c2[nH]1. The Hall–Kier alpha value is -2.09. The van der Waals surface area contributed by atoms with Crippen molar-refractivity contribution in [3.63, 3.8) is 0 Å². The molecule has 0 saturated heterocycles. The van der Waals surface area contributed by atoms with Gasteiger partial charge in [-0.05, 0) is 22.2 Å². The van der Waals surface area contributed by atoms with Crippen LogP contribution < -0.4 is 5.56 Å². The van der Waals surface area contributed by atoms with E-state index < -0.39 is 0 Å². The van der Waals surface area contributed by atoms with E-state index in [2.05, 4.69) is 29.2 Å². The first-order chi connectivity index (χ1) is 7.33. The van der Waals surface area contributed by atoms with Crippen molar-refractivity contribution in [1.82, 2.24) is 4.98 Å². The third-order valence-electron chi connectivity index (χ3n) is 3.04. The minimum absolute atomic E-state index is 0.0178. The summed E-state index contributed by atoms with van der Waals surface area (Å²) in [7, 11) is 0. The molecule has 0 radical (unpaired) electrons. The Morgan fingerprint density at radius 1 is 0.867 bits per heavy atom. The predicted octanol–water partition coefficient (Wildman–Crippen LogP) is 2.71. The van der Waals surface area contributed by atoms with Crippen LogP contribution in [0.25, 0.3) is 32.4 Å². The monoisotopic (exact) mass is 193 g/mol. The molecule has 4 aromatic rings. The fourth-order valence-corrected chi connectivity index (χ4v) is 2.27. The molecule has 0 bridgehead atoms. The Balaban J connectivity index is 2.44. The average Bonchev–Trinajstić information content (AvgIpc) is 2.92. The van der Waals surface area contributed by atoms with Gasteiger partial charge in [-0.25, -0.2) is 0 Å². The van der Waals surface area contributed by atoms with Crippen molar-refractivity contribution in [3.05, 3.63) is 46.8 Å². The maximum Gasteiger partial charge on any atom is 0.249 e. The molecule has 3 aromatic carbocycles. The fraction of sp³-hybridized carbons (Fsp3) is 0. The van der Waals surface area contributed by atoms with Gasteiger partial charge in [-0.3, -0.25) is 4.79 Å². The third kappa shape index (κ3) is 0.814. The Morgan fingerprint density at radius 3 is 2.47 bits per heavy atom. The molecule has 1 N–H and O–H groups in total. The molecule has 1 heterocycles. The molecule has 4 rings (SSSR count). The predicted molar refractivity (Wildman–Crippen MR) is 62.0 cm³/mol. The summed E-state index contributed by atoms with van der Waals surface area (Å²) < 4.78 is 0. The molecule has 0 amide bonds. The molecule has 0 unspecified atom stereocenters. The highest BCUT2D eigenvalue weighted by atomic mass is 16.1. The molecule has 0 aliphatic carbocycles. The number of fused-ring (bicyclic) bond motifs is 5. The van der Waals surface area contributed by atoms with Crippen molar-refractivity contribution in [2.45, 2.75) is 0 Å². The van der Waals surface area contributed by atoms with Crippen LogP contribution in [0.5, 0.6) is 0 Å². The number of hydrogen-bond acceptors (Lipinski definition) is 1. The number of nitrogens with one attached hydrogen (secondary N) is 1. The summed E-state index contributed by atoms with van der Waals surface area (Å²) >= 11 is 0. The van der Waals surface area contributed by atoms with E-state index in [0.717, 1.165) is 10.9 Å².